The predicted octanol–water partition coefficient (Wildman–Crippen LogP) is -1.59. The zero-order chi connectivity index (χ0) is 30.8. The zero-order valence-corrected chi connectivity index (χ0v) is 24.2. The Balaban J connectivity index is 0.000000168. The van der Waals surface area contributed by atoms with Crippen molar-refractivity contribution in [2.75, 3.05) is 39.5 Å². The number of hydrogen-bond acceptors (Lipinski definition) is 14. The van der Waals surface area contributed by atoms with Gasteiger partial charge >= 0.3 is 0 Å². The normalized spacial score (nSPS) is 38.7. The van der Waals surface area contributed by atoms with Gasteiger partial charge in [-0.15, -0.1) is 0 Å². The van der Waals surface area contributed by atoms with Crippen LogP contribution in [0.15, 0.2) is 0 Å². The third-order valence-electron chi connectivity index (χ3n) is 7.55. The molecule has 16 nitrogen and oxygen atoms in total. The van der Waals surface area contributed by atoms with Crippen LogP contribution in [0, 0.1) is 0 Å². The molecule has 4 amide bonds. The van der Waals surface area contributed by atoms with Gasteiger partial charge in [-0.3, -0.25) is 38.6 Å². The third kappa shape index (κ3) is 5.41. The number of imide groups is 2. The van der Waals surface area contributed by atoms with Gasteiger partial charge in [-0.2, -0.15) is 0 Å². The standard InChI is InChI=1S/2C13H17NO7/c2*1-7(15)14-6-13(19-5-9(14)16)11(17)10-8(4-18-13)20-12(2,3)21-10/h2*8,10H,4-6H2,1-3H3/t2*8-,10-,13+/m11/s1. The Kier molecular flexibility index (Phi) is 7.67. The Hall–Kier alpha value is -2.70. The van der Waals surface area contributed by atoms with Crippen molar-refractivity contribution in [3.05, 3.63) is 0 Å². The predicted molar refractivity (Wildman–Crippen MR) is 132 cm³/mol. The summed E-state index contributed by atoms with van der Waals surface area (Å²) in [4.78, 5) is 73.5. The fraction of sp³-hybridized carbons (Fsp3) is 0.769. The van der Waals surface area contributed by atoms with E-state index in [1.165, 1.54) is 13.8 Å². The molecule has 6 atom stereocenters. The number of carbonyl (C=O) groups is 6. The number of hydrogen-bond donors (Lipinski definition) is 0. The van der Waals surface area contributed by atoms with Crippen molar-refractivity contribution in [2.24, 2.45) is 0 Å². The highest BCUT2D eigenvalue weighted by atomic mass is 16.8. The van der Waals surface area contributed by atoms with Crippen molar-refractivity contribution in [1.82, 2.24) is 9.80 Å². The molecule has 6 aliphatic heterocycles. The summed E-state index contributed by atoms with van der Waals surface area (Å²) in [7, 11) is 0. The first kappa shape index (κ1) is 30.7. The van der Waals surface area contributed by atoms with Gasteiger partial charge in [0.15, 0.2) is 23.8 Å². The van der Waals surface area contributed by atoms with E-state index in [0.717, 1.165) is 9.80 Å². The summed E-state index contributed by atoms with van der Waals surface area (Å²) in [5.41, 5.74) is 0. The number of ketones is 2. The van der Waals surface area contributed by atoms with Crippen LogP contribution in [0.5, 0.6) is 0 Å². The number of ether oxygens (including phenoxy) is 8. The van der Waals surface area contributed by atoms with Crippen LogP contribution in [-0.4, -0.2) is 132 Å². The molecule has 0 N–H and O–H groups in total. The lowest BCUT2D eigenvalue weighted by atomic mass is 9.97. The van der Waals surface area contributed by atoms with E-state index in [-0.39, 0.29) is 39.5 Å². The number of fused-ring (bicyclic) bond motifs is 2. The average molecular weight is 599 g/mol. The highest BCUT2D eigenvalue weighted by molar-refractivity contribution is 6.00. The van der Waals surface area contributed by atoms with E-state index in [9.17, 15) is 28.8 Å². The minimum atomic E-state index is -1.65. The summed E-state index contributed by atoms with van der Waals surface area (Å²) in [6.07, 6.45) is -2.67. The molecule has 42 heavy (non-hydrogen) atoms. The maximum Gasteiger partial charge on any atom is 0.255 e. The van der Waals surface area contributed by atoms with E-state index < -0.39 is 82.8 Å². The zero-order valence-electron chi connectivity index (χ0n) is 24.2. The topological polar surface area (TPSA) is 183 Å². The first-order valence-electron chi connectivity index (χ1n) is 13.5. The molecule has 16 heteroatoms. The van der Waals surface area contributed by atoms with Gasteiger partial charge in [0.05, 0.1) is 26.3 Å². The van der Waals surface area contributed by atoms with Crippen LogP contribution >= 0.6 is 0 Å². The Morgan fingerprint density at radius 2 is 0.976 bits per heavy atom. The summed E-state index contributed by atoms with van der Waals surface area (Å²) < 4.78 is 44.1. The number of Topliss-reactive ketones (excluding diaryl/α,β-unsaturated/α-hetero) is 2. The molecule has 0 aromatic rings. The molecular weight excluding hydrogens is 564 g/mol. The molecule has 6 saturated heterocycles. The SMILES string of the molecule is CC(=O)N1C[C@@]2(OCC1=O)OC[C@H]1OC(C)(C)O[C@H]1C2=O.CC(=O)N1C[C@@]2(OCC1=O)OC[C@H]1OC(C)(C)O[C@H]1C2=O. The van der Waals surface area contributed by atoms with E-state index in [1.807, 2.05) is 0 Å². The smallest absolute Gasteiger partial charge is 0.255 e. The van der Waals surface area contributed by atoms with Crippen LogP contribution in [0.4, 0.5) is 0 Å². The van der Waals surface area contributed by atoms with E-state index in [2.05, 4.69) is 0 Å². The highest BCUT2D eigenvalue weighted by Crippen LogP contribution is 2.39. The Labute approximate surface area is 240 Å². The molecule has 0 saturated carbocycles. The van der Waals surface area contributed by atoms with E-state index >= 15 is 0 Å². The maximum atomic E-state index is 12.6. The number of nitrogens with zero attached hydrogens (tertiary/aromatic N) is 2. The summed E-state index contributed by atoms with van der Waals surface area (Å²) in [5, 5.41) is 0. The van der Waals surface area contributed by atoms with E-state index in [4.69, 9.17) is 37.9 Å². The molecule has 6 aliphatic rings. The number of amides is 4. The lowest BCUT2D eigenvalue weighted by molar-refractivity contribution is -0.268. The quantitative estimate of drug-likeness (QED) is 0.311. The molecule has 0 unspecified atom stereocenters. The molecule has 0 aliphatic carbocycles. The molecule has 6 fully saturated rings. The lowest BCUT2D eigenvalue weighted by Gasteiger charge is -2.43. The largest absolute Gasteiger partial charge is 0.342 e. The van der Waals surface area contributed by atoms with Crippen molar-refractivity contribution in [3.8, 4) is 0 Å². The monoisotopic (exact) mass is 598 g/mol. The van der Waals surface area contributed by atoms with Crippen LogP contribution in [0.25, 0.3) is 0 Å². The van der Waals surface area contributed by atoms with E-state index in [1.54, 1.807) is 27.7 Å². The summed E-state index contributed by atoms with van der Waals surface area (Å²) in [6, 6.07) is 0. The van der Waals surface area contributed by atoms with Gasteiger partial charge in [-0.1, -0.05) is 0 Å². The van der Waals surface area contributed by atoms with Crippen molar-refractivity contribution >= 4 is 35.2 Å². The number of rotatable bonds is 0. The van der Waals surface area contributed by atoms with Crippen LogP contribution in [0.2, 0.25) is 0 Å². The molecule has 6 heterocycles. The second-order valence-corrected chi connectivity index (χ2v) is 11.6. The first-order chi connectivity index (χ1) is 19.5. The van der Waals surface area contributed by atoms with Gasteiger partial charge in [-0.25, -0.2) is 0 Å². The summed E-state index contributed by atoms with van der Waals surface area (Å²) in [5.74, 6) is -7.86. The molecule has 0 aromatic heterocycles. The van der Waals surface area contributed by atoms with E-state index in [0.29, 0.717) is 0 Å². The van der Waals surface area contributed by atoms with Gasteiger partial charge in [0, 0.05) is 13.8 Å². The van der Waals surface area contributed by atoms with Crippen LogP contribution in [0.3, 0.4) is 0 Å². The van der Waals surface area contributed by atoms with Crippen molar-refractivity contribution in [3.63, 3.8) is 0 Å². The minimum absolute atomic E-state index is 0.0970. The second kappa shape index (κ2) is 10.5. The van der Waals surface area contributed by atoms with Gasteiger partial charge < -0.3 is 37.9 Å². The lowest BCUT2D eigenvalue weighted by Crippen LogP contribution is -2.67. The van der Waals surface area contributed by atoms with Crippen molar-refractivity contribution in [1.29, 1.82) is 0 Å². The fourth-order valence-corrected chi connectivity index (χ4v) is 5.61. The van der Waals surface area contributed by atoms with Crippen molar-refractivity contribution in [2.45, 2.75) is 89.1 Å². The van der Waals surface area contributed by atoms with Crippen LogP contribution < -0.4 is 0 Å². The average Bonchev–Trinajstić information content (AvgIpc) is 3.41. The highest BCUT2D eigenvalue weighted by Gasteiger charge is 2.61. The van der Waals surface area contributed by atoms with Gasteiger partial charge in [-0.05, 0) is 27.7 Å². The van der Waals surface area contributed by atoms with Crippen LogP contribution in [-0.2, 0) is 66.7 Å². The first-order valence-corrected chi connectivity index (χ1v) is 13.5. The summed E-state index contributed by atoms with van der Waals surface area (Å²) >= 11 is 0. The molecule has 0 radical (unpaired) electrons. The molecule has 232 valence electrons. The van der Waals surface area contributed by atoms with Crippen molar-refractivity contribution < 1.29 is 66.7 Å². The third-order valence-corrected chi connectivity index (χ3v) is 7.55. The Morgan fingerprint density at radius 3 is 1.31 bits per heavy atom. The molecule has 6 rings (SSSR count). The molecule has 0 bridgehead atoms. The van der Waals surface area contributed by atoms with Gasteiger partial charge in [0.2, 0.25) is 23.4 Å². The van der Waals surface area contributed by atoms with Gasteiger partial charge in [0.1, 0.15) is 25.4 Å². The second-order valence-electron chi connectivity index (χ2n) is 11.6. The summed E-state index contributed by atoms with van der Waals surface area (Å²) in [6.45, 7) is 8.25. The fourth-order valence-electron chi connectivity index (χ4n) is 5.61. The number of morpholine rings is 2. The minimum Gasteiger partial charge on any atom is -0.342 e. The number of carbonyl (C=O) groups excluding carboxylic acids is 6. The Morgan fingerprint density at radius 1 is 0.619 bits per heavy atom. The molecular formula is C26H34N2O14. The molecule has 0 aromatic carbocycles. The van der Waals surface area contributed by atoms with Crippen LogP contribution in [0.1, 0.15) is 41.5 Å². The molecule has 2 spiro atoms. The van der Waals surface area contributed by atoms with Gasteiger partial charge in [0.25, 0.3) is 23.4 Å². The Bertz CT molecular complexity index is 1130. The maximum absolute atomic E-state index is 12.6.